The molecule has 0 heterocycles. The molecule has 0 aromatic heterocycles. The Balaban J connectivity index is 1.36. The SMILES string of the molecule is CC(C)OCc1ccc(C2CC2C(=O)Cc2ccc3ccccc3c2)cc1. The van der Waals surface area contributed by atoms with Crippen molar-refractivity contribution in [3.8, 4) is 0 Å². The van der Waals surface area contributed by atoms with E-state index in [2.05, 4.69) is 54.6 Å². The van der Waals surface area contributed by atoms with Crippen LogP contribution in [0, 0.1) is 5.92 Å². The van der Waals surface area contributed by atoms with Gasteiger partial charge in [-0.1, -0.05) is 66.7 Å². The van der Waals surface area contributed by atoms with Crippen molar-refractivity contribution in [3.05, 3.63) is 83.4 Å². The number of Topliss-reactive ketones (excluding diaryl/α,β-unsaturated/α-hetero) is 1. The molecule has 0 amide bonds. The van der Waals surface area contributed by atoms with Crippen molar-refractivity contribution in [2.75, 3.05) is 0 Å². The molecule has 0 aliphatic heterocycles. The van der Waals surface area contributed by atoms with E-state index in [1.165, 1.54) is 21.9 Å². The highest BCUT2D eigenvalue weighted by Crippen LogP contribution is 2.48. The maximum absolute atomic E-state index is 12.7. The number of ether oxygens (including phenoxy) is 1. The number of hydrogen-bond acceptors (Lipinski definition) is 2. The van der Waals surface area contributed by atoms with E-state index in [0.717, 1.165) is 12.0 Å². The summed E-state index contributed by atoms with van der Waals surface area (Å²) in [5.41, 5.74) is 3.58. The van der Waals surface area contributed by atoms with Gasteiger partial charge < -0.3 is 4.74 Å². The molecule has 2 unspecified atom stereocenters. The van der Waals surface area contributed by atoms with Crippen molar-refractivity contribution in [2.45, 2.75) is 45.3 Å². The van der Waals surface area contributed by atoms with Crippen LogP contribution in [0.4, 0.5) is 0 Å². The molecule has 1 fully saturated rings. The van der Waals surface area contributed by atoms with Crippen LogP contribution < -0.4 is 0 Å². The number of fused-ring (bicyclic) bond motifs is 1. The fraction of sp³-hybridized carbons (Fsp3) is 0.320. The van der Waals surface area contributed by atoms with Crippen LogP contribution in [0.2, 0.25) is 0 Å². The van der Waals surface area contributed by atoms with Crippen LogP contribution in [0.25, 0.3) is 10.8 Å². The van der Waals surface area contributed by atoms with Crippen molar-refractivity contribution in [1.29, 1.82) is 0 Å². The van der Waals surface area contributed by atoms with Crippen molar-refractivity contribution in [2.24, 2.45) is 5.92 Å². The largest absolute Gasteiger partial charge is 0.374 e. The first kappa shape index (κ1) is 17.9. The number of carbonyl (C=O) groups excluding carboxylic acids is 1. The Kier molecular flexibility index (Phi) is 5.09. The van der Waals surface area contributed by atoms with Gasteiger partial charge in [0.1, 0.15) is 5.78 Å². The van der Waals surface area contributed by atoms with E-state index in [4.69, 9.17) is 4.74 Å². The second-order valence-corrected chi connectivity index (χ2v) is 7.87. The Morgan fingerprint density at radius 1 is 0.963 bits per heavy atom. The van der Waals surface area contributed by atoms with Crippen LogP contribution in [0.15, 0.2) is 66.7 Å². The Morgan fingerprint density at radius 2 is 1.67 bits per heavy atom. The summed E-state index contributed by atoms with van der Waals surface area (Å²) >= 11 is 0. The fourth-order valence-corrected chi connectivity index (χ4v) is 3.72. The van der Waals surface area contributed by atoms with Gasteiger partial charge in [0.25, 0.3) is 0 Å². The van der Waals surface area contributed by atoms with Gasteiger partial charge in [-0.15, -0.1) is 0 Å². The lowest BCUT2D eigenvalue weighted by atomic mass is 10.00. The number of rotatable bonds is 7. The van der Waals surface area contributed by atoms with Gasteiger partial charge in [-0.2, -0.15) is 0 Å². The van der Waals surface area contributed by atoms with Crippen LogP contribution in [-0.2, 0) is 22.6 Å². The summed E-state index contributed by atoms with van der Waals surface area (Å²) in [7, 11) is 0. The van der Waals surface area contributed by atoms with Crippen LogP contribution in [0.5, 0.6) is 0 Å². The number of ketones is 1. The first-order chi connectivity index (χ1) is 13.1. The summed E-state index contributed by atoms with van der Waals surface area (Å²) in [5, 5.41) is 2.42. The molecule has 0 spiro atoms. The zero-order chi connectivity index (χ0) is 18.8. The molecular weight excluding hydrogens is 332 g/mol. The molecule has 1 saturated carbocycles. The lowest BCUT2D eigenvalue weighted by Crippen LogP contribution is -2.06. The predicted octanol–water partition coefficient (Wildman–Crippen LogP) is 5.68. The Bertz CT molecular complexity index is 940. The van der Waals surface area contributed by atoms with E-state index < -0.39 is 0 Å². The van der Waals surface area contributed by atoms with E-state index in [-0.39, 0.29) is 12.0 Å². The highest BCUT2D eigenvalue weighted by molar-refractivity contribution is 5.89. The van der Waals surface area contributed by atoms with Gasteiger partial charge in [-0.3, -0.25) is 4.79 Å². The zero-order valence-corrected chi connectivity index (χ0v) is 16.0. The highest BCUT2D eigenvalue weighted by atomic mass is 16.5. The minimum absolute atomic E-state index is 0.175. The van der Waals surface area contributed by atoms with Gasteiger partial charge in [0, 0.05) is 12.3 Å². The van der Waals surface area contributed by atoms with Crippen LogP contribution in [0.3, 0.4) is 0 Å². The van der Waals surface area contributed by atoms with E-state index in [9.17, 15) is 4.79 Å². The lowest BCUT2D eigenvalue weighted by Gasteiger charge is -2.08. The fourth-order valence-electron chi connectivity index (χ4n) is 3.72. The first-order valence-electron chi connectivity index (χ1n) is 9.81. The molecule has 0 radical (unpaired) electrons. The lowest BCUT2D eigenvalue weighted by molar-refractivity contribution is -0.119. The van der Waals surface area contributed by atoms with Crippen LogP contribution >= 0.6 is 0 Å². The standard InChI is InChI=1S/C25H26O2/c1-17(2)27-16-18-7-11-21(12-8-18)23-15-24(23)25(26)14-19-9-10-20-5-3-4-6-22(20)13-19/h3-13,17,23-24H,14-16H2,1-2H3. The topological polar surface area (TPSA) is 26.3 Å². The maximum atomic E-state index is 12.7. The molecule has 138 valence electrons. The summed E-state index contributed by atoms with van der Waals surface area (Å²) in [6.07, 6.45) is 1.76. The van der Waals surface area contributed by atoms with Crippen molar-refractivity contribution in [1.82, 2.24) is 0 Å². The van der Waals surface area contributed by atoms with Crippen molar-refractivity contribution < 1.29 is 9.53 Å². The summed E-state index contributed by atoms with van der Waals surface area (Å²) in [4.78, 5) is 12.7. The van der Waals surface area contributed by atoms with Crippen molar-refractivity contribution >= 4 is 16.6 Å². The molecule has 2 nitrogen and oxygen atoms in total. The third kappa shape index (κ3) is 4.28. The molecule has 2 atom stereocenters. The number of hydrogen-bond donors (Lipinski definition) is 0. The molecule has 1 aliphatic carbocycles. The Morgan fingerprint density at radius 3 is 2.41 bits per heavy atom. The van der Waals surface area contributed by atoms with E-state index in [1.807, 2.05) is 26.0 Å². The van der Waals surface area contributed by atoms with Gasteiger partial charge in [-0.25, -0.2) is 0 Å². The summed E-state index contributed by atoms with van der Waals surface area (Å²) < 4.78 is 5.65. The third-order valence-corrected chi connectivity index (χ3v) is 5.39. The smallest absolute Gasteiger partial charge is 0.140 e. The Labute approximate surface area is 161 Å². The monoisotopic (exact) mass is 358 g/mol. The second kappa shape index (κ2) is 7.66. The van der Waals surface area contributed by atoms with Gasteiger partial charge in [-0.05, 0) is 53.6 Å². The number of carbonyl (C=O) groups is 1. The normalized spacial score (nSPS) is 18.8. The van der Waals surface area contributed by atoms with E-state index in [0.29, 0.717) is 24.7 Å². The number of benzene rings is 3. The van der Waals surface area contributed by atoms with Crippen molar-refractivity contribution in [3.63, 3.8) is 0 Å². The van der Waals surface area contributed by atoms with Crippen LogP contribution in [0.1, 0.15) is 42.9 Å². The Hall–Kier alpha value is -2.45. The molecule has 0 N–H and O–H groups in total. The summed E-state index contributed by atoms with van der Waals surface area (Å²) in [6.45, 7) is 4.74. The molecule has 4 rings (SSSR count). The average Bonchev–Trinajstić information content (AvgIpc) is 3.48. The second-order valence-electron chi connectivity index (χ2n) is 7.87. The molecule has 0 bridgehead atoms. The molecular formula is C25H26O2. The van der Waals surface area contributed by atoms with Gasteiger partial charge in [0.2, 0.25) is 0 Å². The highest BCUT2D eigenvalue weighted by Gasteiger charge is 2.43. The molecule has 3 aromatic carbocycles. The zero-order valence-electron chi connectivity index (χ0n) is 16.0. The molecule has 0 saturated heterocycles. The summed E-state index contributed by atoms with van der Waals surface area (Å²) in [6, 6.07) is 23.2. The minimum Gasteiger partial charge on any atom is -0.374 e. The van der Waals surface area contributed by atoms with E-state index in [1.54, 1.807) is 0 Å². The predicted molar refractivity (Wildman–Crippen MR) is 110 cm³/mol. The van der Waals surface area contributed by atoms with Gasteiger partial charge >= 0.3 is 0 Å². The first-order valence-corrected chi connectivity index (χ1v) is 9.81. The molecule has 2 heteroatoms. The quantitative estimate of drug-likeness (QED) is 0.543. The maximum Gasteiger partial charge on any atom is 0.140 e. The molecule has 1 aliphatic rings. The van der Waals surface area contributed by atoms with E-state index >= 15 is 0 Å². The van der Waals surface area contributed by atoms with Crippen LogP contribution in [-0.4, -0.2) is 11.9 Å². The average molecular weight is 358 g/mol. The molecule has 27 heavy (non-hydrogen) atoms. The van der Waals surface area contributed by atoms with Gasteiger partial charge in [0.05, 0.1) is 12.7 Å². The molecule has 3 aromatic rings. The summed E-state index contributed by atoms with van der Waals surface area (Å²) in [5.74, 6) is 0.926. The van der Waals surface area contributed by atoms with Gasteiger partial charge in [0.15, 0.2) is 0 Å². The minimum atomic E-state index is 0.175. The third-order valence-electron chi connectivity index (χ3n) is 5.39.